The number of nitrogens with zero attached hydrogens (tertiary/aromatic N) is 2. The van der Waals surface area contributed by atoms with Crippen LogP contribution < -0.4 is 10.1 Å². The van der Waals surface area contributed by atoms with Gasteiger partial charge < -0.3 is 10.1 Å². The summed E-state index contributed by atoms with van der Waals surface area (Å²) in [6, 6.07) is 12.4. The number of rotatable bonds is 6. The number of ether oxygens (including phenoxy) is 1. The Labute approximate surface area is 163 Å². The van der Waals surface area contributed by atoms with Crippen LogP contribution in [0.15, 0.2) is 48.5 Å². The van der Waals surface area contributed by atoms with Crippen molar-refractivity contribution in [3.63, 3.8) is 0 Å². The van der Waals surface area contributed by atoms with Crippen molar-refractivity contribution in [3.8, 4) is 5.75 Å². The van der Waals surface area contributed by atoms with E-state index in [-0.39, 0.29) is 11.7 Å². The van der Waals surface area contributed by atoms with Gasteiger partial charge in [0.05, 0.1) is 22.8 Å². The minimum absolute atomic E-state index is 0.270. The quantitative estimate of drug-likeness (QED) is 0.644. The Bertz CT molecular complexity index is 924. The SMILES string of the molecule is C[C@@H](C(=O)Nc1ccc(OC(F)(F)F)cc1)N(C)Cc1nc2ccccc2s1. The molecule has 28 heavy (non-hydrogen) atoms. The maximum Gasteiger partial charge on any atom is 0.573 e. The third-order valence-electron chi connectivity index (χ3n) is 4.12. The second-order valence-electron chi connectivity index (χ2n) is 6.23. The molecule has 3 rings (SSSR count). The first-order chi connectivity index (χ1) is 13.2. The monoisotopic (exact) mass is 409 g/mol. The number of likely N-dealkylation sites (N-methyl/N-ethyl adjacent to an activating group) is 1. The summed E-state index contributed by atoms with van der Waals surface area (Å²) < 4.78 is 41.5. The molecule has 0 saturated heterocycles. The minimum Gasteiger partial charge on any atom is -0.406 e. The third kappa shape index (κ3) is 5.20. The molecule has 0 aliphatic heterocycles. The molecular weight excluding hydrogens is 391 g/mol. The van der Waals surface area contributed by atoms with Gasteiger partial charge in [0.15, 0.2) is 0 Å². The number of fused-ring (bicyclic) bond motifs is 1. The number of para-hydroxylation sites is 1. The highest BCUT2D eigenvalue weighted by Crippen LogP contribution is 2.25. The zero-order chi connectivity index (χ0) is 20.3. The number of alkyl halides is 3. The fraction of sp³-hybridized carbons (Fsp3) is 0.263. The van der Waals surface area contributed by atoms with Crippen molar-refractivity contribution in [2.24, 2.45) is 0 Å². The van der Waals surface area contributed by atoms with Gasteiger partial charge in [0.1, 0.15) is 10.8 Å². The second-order valence-corrected chi connectivity index (χ2v) is 7.34. The maximum atomic E-state index is 12.4. The predicted molar refractivity (Wildman–Crippen MR) is 102 cm³/mol. The molecule has 0 radical (unpaired) electrons. The second kappa shape index (κ2) is 8.15. The van der Waals surface area contributed by atoms with Gasteiger partial charge in [-0.25, -0.2) is 4.98 Å². The fourth-order valence-corrected chi connectivity index (χ4v) is 3.56. The van der Waals surface area contributed by atoms with Crippen LogP contribution in [0.1, 0.15) is 11.9 Å². The summed E-state index contributed by atoms with van der Waals surface area (Å²) in [4.78, 5) is 18.9. The van der Waals surface area contributed by atoms with E-state index in [1.165, 1.54) is 12.1 Å². The van der Waals surface area contributed by atoms with E-state index in [0.29, 0.717) is 12.2 Å². The van der Waals surface area contributed by atoms with Crippen molar-refractivity contribution < 1.29 is 22.7 Å². The van der Waals surface area contributed by atoms with Gasteiger partial charge in [0.25, 0.3) is 0 Å². The lowest BCUT2D eigenvalue weighted by molar-refractivity contribution is -0.274. The molecule has 148 valence electrons. The van der Waals surface area contributed by atoms with Crippen LogP contribution in [0.2, 0.25) is 0 Å². The summed E-state index contributed by atoms with van der Waals surface area (Å²) in [5.41, 5.74) is 1.31. The Morgan fingerprint density at radius 1 is 1.21 bits per heavy atom. The summed E-state index contributed by atoms with van der Waals surface area (Å²) >= 11 is 1.57. The first-order valence-electron chi connectivity index (χ1n) is 8.42. The highest BCUT2D eigenvalue weighted by atomic mass is 32.1. The standard InChI is InChI=1S/C19H18F3N3O2S/c1-12(25(2)11-17-24-15-5-3-4-6-16(15)28-17)18(26)23-13-7-9-14(10-8-13)27-19(20,21)22/h3-10,12H,11H2,1-2H3,(H,23,26)/t12-/m0/s1. The summed E-state index contributed by atoms with van der Waals surface area (Å²) in [7, 11) is 1.82. The molecule has 0 aliphatic carbocycles. The van der Waals surface area contributed by atoms with Crippen LogP contribution in [0.5, 0.6) is 5.75 Å². The molecule has 0 unspecified atom stereocenters. The van der Waals surface area contributed by atoms with Crippen molar-refractivity contribution in [3.05, 3.63) is 53.5 Å². The number of benzene rings is 2. The molecule has 1 atom stereocenters. The number of nitrogens with one attached hydrogen (secondary N) is 1. The molecular formula is C19H18F3N3O2S. The van der Waals surface area contributed by atoms with E-state index in [1.807, 2.05) is 36.2 Å². The molecule has 1 heterocycles. The molecule has 0 fully saturated rings. The van der Waals surface area contributed by atoms with Gasteiger partial charge in [0.2, 0.25) is 5.91 Å². The van der Waals surface area contributed by atoms with Gasteiger partial charge in [0, 0.05) is 5.69 Å². The van der Waals surface area contributed by atoms with Gasteiger partial charge in [-0.15, -0.1) is 24.5 Å². The van der Waals surface area contributed by atoms with Crippen molar-refractivity contribution in [2.45, 2.75) is 25.9 Å². The van der Waals surface area contributed by atoms with Crippen molar-refractivity contribution in [2.75, 3.05) is 12.4 Å². The summed E-state index contributed by atoms with van der Waals surface area (Å²) in [6.45, 7) is 2.26. The number of amides is 1. The molecule has 3 aromatic rings. The number of thiazole rings is 1. The highest BCUT2D eigenvalue weighted by Gasteiger charge is 2.31. The van der Waals surface area contributed by atoms with Crippen molar-refractivity contribution >= 4 is 33.1 Å². The number of hydrogen-bond acceptors (Lipinski definition) is 5. The number of anilines is 1. The van der Waals surface area contributed by atoms with E-state index >= 15 is 0 Å². The summed E-state index contributed by atoms with van der Waals surface area (Å²) in [5, 5.41) is 3.59. The van der Waals surface area contributed by atoms with E-state index in [9.17, 15) is 18.0 Å². The van der Waals surface area contributed by atoms with E-state index in [4.69, 9.17) is 0 Å². The average Bonchev–Trinajstić information content (AvgIpc) is 3.03. The molecule has 1 aromatic heterocycles. The van der Waals surface area contributed by atoms with Crippen LogP contribution >= 0.6 is 11.3 Å². The van der Waals surface area contributed by atoms with Crippen LogP contribution in [0, 0.1) is 0 Å². The van der Waals surface area contributed by atoms with Crippen molar-refractivity contribution in [1.29, 1.82) is 0 Å². The number of hydrogen-bond donors (Lipinski definition) is 1. The Balaban J connectivity index is 1.58. The van der Waals surface area contributed by atoms with Crippen LogP contribution in [-0.4, -0.2) is 35.2 Å². The number of carbonyl (C=O) groups is 1. The largest absolute Gasteiger partial charge is 0.573 e. The minimum atomic E-state index is -4.75. The van der Waals surface area contributed by atoms with Gasteiger partial charge in [-0.3, -0.25) is 9.69 Å². The third-order valence-corrected chi connectivity index (χ3v) is 5.14. The van der Waals surface area contributed by atoms with Gasteiger partial charge in [-0.05, 0) is 50.4 Å². The lowest BCUT2D eigenvalue weighted by Gasteiger charge is -2.22. The lowest BCUT2D eigenvalue weighted by atomic mass is 10.2. The van der Waals surface area contributed by atoms with Crippen LogP contribution in [0.4, 0.5) is 18.9 Å². The number of aromatic nitrogens is 1. The molecule has 5 nitrogen and oxygen atoms in total. The zero-order valence-electron chi connectivity index (χ0n) is 15.2. The average molecular weight is 409 g/mol. The number of halogens is 3. The molecule has 0 aliphatic rings. The van der Waals surface area contributed by atoms with E-state index < -0.39 is 12.4 Å². The Hall–Kier alpha value is -2.65. The van der Waals surface area contributed by atoms with Gasteiger partial charge >= 0.3 is 6.36 Å². The first-order valence-corrected chi connectivity index (χ1v) is 9.24. The van der Waals surface area contributed by atoms with Crippen LogP contribution in [-0.2, 0) is 11.3 Å². The predicted octanol–water partition coefficient (Wildman–Crippen LogP) is 4.65. The molecule has 0 bridgehead atoms. The summed E-state index contributed by atoms with van der Waals surface area (Å²) in [6.07, 6.45) is -4.75. The molecule has 0 spiro atoms. The highest BCUT2D eigenvalue weighted by molar-refractivity contribution is 7.18. The smallest absolute Gasteiger partial charge is 0.406 e. The van der Waals surface area contributed by atoms with E-state index in [2.05, 4.69) is 15.0 Å². The van der Waals surface area contributed by atoms with Gasteiger partial charge in [-0.2, -0.15) is 0 Å². The Morgan fingerprint density at radius 3 is 2.54 bits per heavy atom. The topological polar surface area (TPSA) is 54.5 Å². The van der Waals surface area contributed by atoms with Crippen LogP contribution in [0.25, 0.3) is 10.2 Å². The lowest BCUT2D eigenvalue weighted by Crippen LogP contribution is -2.39. The molecule has 9 heteroatoms. The van der Waals surface area contributed by atoms with E-state index in [1.54, 1.807) is 18.3 Å². The van der Waals surface area contributed by atoms with Gasteiger partial charge in [-0.1, -0.05) is 12.1 Å². The Kier molecular flexibility index (Phi) is 5.85. The zero-order valence-corrected chi connectivity index (χ0v) is 16.0. The van der Waals surface area contributed by atoms with Crippen molar-refractivity contribution in [1.82, 2.24) is 9.88 Å². The first kappa shape index (κ1) is 20.1. The molecule has 2 aromatic carbocycles. The molecule has 1 amide bonds. The molecule has 0 saturated carbocycles. The fourth-order valence-electron chi connectivity index (χ4n) is 2.52. The Morgan fingerprint density at radius 2 is 1.89 bits per heavy atom. The van der Waals surface area contributed by atoms with E-state index in [0.717, 1.165) is 27.4 Å². The maximum absolute atomic E-state index is 12.4. The number of carbonyl (C=O) groups excluding carboxylic acids is 1. The van der Waals surface area contributed by atoms with Crippen LogP contribution in [0.3, 0.4) is 0 Å². The molecule has 1 N–H and O–H groups in total. The normalized spacial score (nSPS) is 12.9. The summed E-state index contributed by atoms with van der Waals surface area (Å²) in [5.74, 6) is -0.611.